The first kappa shape index (κ1) is 16.5. The fraction of sp³-hybridized carbons (Fsp3) is 0.357. The molecule has 0 spiro atoms. The van der Waals surface area contributed by atoms with E-state index in [0.29, 0.717) is 5.02 Å². The first-order valence-electron chi connectivity index (χ1n) is 5.70. The van der Waals surface area contributed by atoms with Crippen LogP contribution in [0.4, 0.5) is 0 Å². The summed E-state index contributed by atoms with van der Waals surface area (Å²) in [6.45, 7) is 3.96. The van der Waals surface area contributed by atoms with Gasteiger partial charge in [0.2, 0.25) is 0 Å². The maximum absolute atomic E-state index is 11.1. The van der Waals surface area contributed by atoms with Crippen LogP contribution in [0.1, 0.15) is 19.4 Å². The van der Waals surface area contributed by atoms with Gasteiger partial charge < -0.3 is 5.11 Å². The molecule has 2 atom stereocenters. The highest BCUT2D eigenvalue weighted by Gasteiger charge is 2.60. The van der Waals surface area contributed by atoms with Crippen molar-refractivity contribution in [2.75, 3.05) is 0 Å². The maximum atomic E-state index is 11.1. The van der Waals surface area contributed by atoms with E-state index in [-0.39, 0.29) is 29.7 Å². The lowest BCUT2D eigenvalue weighted by atomic mass is 10.1. The van der Waals surface area contributed by atoms with Crippen molar-refractivity contribution in [3.63, 3.8) is 0 Å². The van der Waals surface area contributed by atoms with Gasteiger partial charge in [-0.3, -0.25) is 4.79 Å². The van der Waals surface area contributed by atoms with E-state index in [9.17, 15) is 4.79 Å². The Labute approximate surface area is 132 Å². The van der Waals surface area contributed by atoms with Gasteiger partial charge in [0.05, 0.1) is 5.92 Å². The van der Waals surface area contributed by atoms with Gasteiger partial charge in [-0.1, -0.05) is 59.6 Å². The van der Waals surface area contributed by atoms with E-state index in [4.69, 9.17) is 16.7 Å². The number of hydrogen-bond donors (Lipinski definition) is 1. The number of carboxylic acids is 1. The standard InChI is InChI=1S/C14H14BrClO2.ClH/c1-14(2)10(12(14)13(17)18)7-11(15)8-3-5-9(16)6-4-8;/h3-7,10,12H,1-2H3,(H,17,18);1H. The number of carboxylic acid groups (broad SMARTS) is 1. The molecule has 1 aliphatic carbocycles. The van der Waals surface area contributed by atoms with Crippen LogP contribution in [0.25, 0.3) is 4.48 Å². The fourth-order valence-electron chi connectivity index (χ4n) is 2.32. The number of allylic oxidation sites excluding steroid dienone is 1. The molecule has 0 aliphatic heterocycles. The summed E-state index contributed by atoms with van der Waals surface area (Å²) in [5, 5.41) is 9.81. The van der Waals surface area contributed by atoms with E-state index in [2.05, 4.69) is 15.9 Å². The van der Waals surface area contributed by atoms with Crippen LogP contribution in [0.15, 0.2) is 30.3 Å². The first-order valence-corrected chi connectivity index (χ1v) is 6.87. The van der Waals surface area contributed by atoms with Crippen LogP contribution in [0.5, 0.6) is 0 Å². The lowest BCUT2D eigenvalue weighted by Crippen LogP contribution is -2.02. The molecule has 1 saturated carbocycles. The molecule has 0 radical (unpaired) electrons. The smallest absolute Gasteiger partial charge is 0.307 e. The van der Waals surface area contributed by atoms with Crippen LogP contribution < -0.4 is 0 Å². The van der Waals surface area contributed by atoms with Gasteiger partial charge in [-0.15, -0.1) is 12.4 Å². The number of rotatable bonds is 3. The van der Waals surface area contributed by atoms with Crippen LogP contribution in [0, 0.1) is 17.3 Å². The number of benzene rings is 1. The Hall–Kier alpha value is -0.510. The van der Waals surface area contributed by atoms with Gasteiger partial charge in [-0.05, 0) is 29.0 Å². The molecule has 0 saturated heterocycles. The molecule has 0 heterocycles. The van der Waals surface area contributed by atoms with Gasteiger partial charge >= 0.3 is 5.97 Å². The number of aliphatic carboxylic acids is 1. The normalized spacial score (nSPS) is 24.5. The number of carbonyl (C=O) groups is 1. The molecular formula is C14H15BrCl2O2. The zero-order valence-corrected chi connectivity index (χ0v) is 13.7. The summed E-state index contributed by atoms with van der Waals surface area (Å²) in [5.74, 6) is -0.949. The van der Waals surface area contributed by atoms with E-state index < -0.39 is 5.97 Å². The Morgan fingerprint density at radius 3 is 2.32 bits per heavy atom. The van der Waals surface area contributed by atoms with E-state index in [1.165, 1.54) is 0 Å². The van der Waals surface area contributed by atoms with E-state index >= 15 is 0 Å². The van der Waals surface area contributed by atoms with Crippen molar-refractivity contribution < 1.29 is 9.90 Å². The number of halogens is 3. The summed E-state index contributed by atoms with van der Waals surface area (Å²) >= 11 is 9.34. The molecule has 0 amide bonds. The highest BCUT2D eigenvalue weighted by molar-refractivity contribution is 9.15. The average molecular weight is 366 g/mol. The topological polar surface area (TPSA) is 37.3 Å². The minimum atomic E-state index is -0.724. The van der Waals surface area contributed by atoms with Crippen molar-refractivity contribution in [2.24, 2.45) is 17.3 Å². The quantitative estimate of drug-likeness (QED) is 0.830. The second-order valence-corrected chi connectivity index (χ2v) is 6.48. The fourth-order valence-corrected chi connectivity index (χ4v) is 3.00. The molecule has 2 unspecified atom stereocenters. The lowest BCUT2D eigenvalue weighted by molar-refractivity contribution is -0.139. The van der Waals surface area contributed by atoms with E-state index in [1.807, 2.05) is 44.2 Å². The molecule has 0 aromatic heterocycles. The summed E-state index contributed by atoms with van der Waals surface area (Å²) in [6.07, 6.45) is 1.99. The van der Waals surface area contributed by atoms with Crippen LogP contribution >= 0.6 is 39.9 Å². The third kappa shape index (κ3) is 3.33. The second kappa shape index (κ2) is 5.86. The molecule has 104 valence electrons. The molecule has 1 aliphatic rings. The highest BCUT2D eigenvalue weighted by Crippen LogP contribution is 2.60. The third-order valence-corrected chi connectivity index (χ3v) is 4.60. The van der Waals surface area contributed by atoms with Crippen molar-refractivity contribution in [1.82, 2.24) is 0 Å². The number of hydrogen-bond acceptors (Lipinski definition) is 1. The Balaban J connectivity index is 0.00000180. The maximum Gasteiger partial charge on any atom is 0.307 e. The zero-order chi connectivity index (χ0) is 13.5. The molecule has 1 aromatic rings. The largest absolute Gasteiger partial charge is 0.481 e. The summed E-state index contributed by atoms with van der Waals surface area (Å²) in [5.41, 5.74) is 0.836. The lowest BCUT2D eigenvalue weighted by Gasteiger charge is -2.01. The summed E-state index contributed by atoms with van der Waals surface area (Å²) < 4.78 is 0.918. The Morgan fingerprint density at radius 1 is 1.37 bits per heavy atom. The van der Waals surface area contributed by atoms with Gasteiger partial charge in [0, 0.05) is 9.51 Å². The Kier molecular flexibility index (Phi) is 5.10. The van der Waals surface area contributed by atoms with Gasteiger partial charge in [-0.2, -0.15) is 0 Å². The van der Waals surface area contributed by atoms with Crippen LogP contribution in [0.2, 0.25) is 5.02 Å². The minimum Gasteiger partial charge on any atom is -0.481 e. The van der Waals surface area contributed by atoms with Crippen LogP contribution in [-0.4, -0.2) is 11.1 Å². The monoisotopic (exact) mass is 364 g/mol. The first-order chi connectivity index (χ1) is 8.34. The van der Waals surface area contributed by atoms with E-state index in [1.54, 1.807) is 0 Å². The molecule has 1 fully saturated rings. The second-order valence-electron chi connectivity index (χ2n) is 5.18. The zero-order valence-electron chi connectivity index (χ0n) is 10.6. The van der Waals surface area contributed by atoms with Crippen molar-refractivity contribution in [3.8, 4) is 0 Å². The van der Waals surface area contributed by atoms with E-state index in [0.717, 1.165) is 10.0 Å². The van der Waals surface area contributed by atoms with Gasteiger partial charge in [-0.25, -0.2) is 0 Å². The molecule has 2 nitrogen and oxygen atoms in total. The Morgan fingerprint density at radius 2 is 1.89 bits per heavy atom. The third-order valence-electron chi connectivity index (χ3n) is 3.62. The summed E-state index contributed by atoms with van der Waals surface area (Å²) in [7, 11) is 0. The van der Waals surface area contributed by atoms with Crippen molar-refractivity contribution in [2.45, 2.75) is 13.8 Å². The average Bonchev–Trinajstić information content (AvgIpc) is 2.81. The molecule has 0 bridgehead atoms. The molecular weight excluding hydrogens is 351 g/mol. The highest BCUT2D eigenvalue weighted by atomic mass is 79.9. The molecule has 1 aromatic carbocycles. The SMILES string of the molecule is CC1(C)C(C=C(Br)c2ccc(Cl)cc2)C1C(=O)O.Cl. The summed E-state index contributed by atoms with van der Waals surface area (Å²) in [4.78, 5) is 11.1. The summed E-state index contributed by atoms with van der Waals surface area (Å²) in [6, 6.07) is 7.46. The molecule has 1 N–H and O–H groups in total. The van der Waals surface area contributed by atoms with Crippen LogP contribution in [0.3, 0.4) is 0 Å². The van der Waals surface area contributed by atoms with Crippen molar-refractivity contribution in [3.05, 3.63) is 40.9 Å². The van der Waals surface area contributed by atoms with Gasteiger partial charge in [0.25, 0.3) is 0 Å². The predicted molar refractivity (Wildman–Crippen MR) is 84.0 cm³/mol. The van der Waals surface area contributed by atoms with Crippen molar-refractivity contribution in [1.29, 1.82) is 0 Å². The molecule has 19 heavy (non-hydrogen) atoms. The van der Waals surface area contributed by atoms with Gasteiger partial charge in [0.15, 0.2) is 0 Å². The molecule has 2 rings (SSSR count). The van der Waals surface area contributed by atoms with Gasteiger partial charge in [0.1, 0.15) is 0 Å². The Bertz CT molecular complexity index is 509. The predicted octanol–water partition coefficient (Wildman–Crippen LogP) is 4.85. The van der Waals surface area contributed by atoms with Crippen LogP contribution in [-0.2, 0) is 4.79 Å². The minimum absolute atomic E-state index is 0. The van der Waals surface area contributed by atoms with Crippen molar-refractivity contribution >= 4 is 50.4 Å². The molecule has 5 heteroatoms.